The number of hydrogen-bond donors (Lipinski definition) is 0. The number of carbonyl (C=O) groups excluding carboxylic acids is 1. The van der Waals surface area contributed by atoms with E-state index in [2.05, 4.69) is 0 Å². The van der Waals surface area contributed by atoms with Crippen LogP contribution in [0.3, 0.4) is 0 Å². The van der Waals surface area contributed by atoms with E-state index >= 15 is 0 Å². The first-order valence-electron chi connectivity index (χ1n) is 6.78. The second kappa shape index (κ2) is 6.98. The molecule has 7 nitrogen and oxygen atoms in total. The van der Waals surface area contributed by atoms with E-state index in [0.717, 1.165) is 10.4 Å². The summed E-state index contributed by atoms with van der Waals surface area (Å²) in [5.41, 5.74) is -0.139. The van der Waals surface area contributed by atoms with Gasteiger partial charge in [0.25, 0.3) is 15.7 Å². The molecule has 9 heteroatoms. The molecule has 1 atom stereocenters. The summed E-state index contributed by atoms with van der Waals surface area (Å²) in [4.78, 5) is 21.5. The van der Waals surface area contributed by atoms with Crippen LogP contribution in [-0.2, 0) is 14.8 Å². The van der Waals surface area contributed by atoms with Crippen molar-refractivity contribution >= 4 is 38.2 Å². The first-order chi connectivity index (χ1) is 11.2. The van der Waals surface area contributed by atoms with Gasteiger partial charge in [0.1, 0.15) is 6.04 Å². The molecule has 0 aliphatic carbocycles. The van der Waals surface area contributed by atoms with Gasteiger partial charge in [-0.25, -0.2) is 8.42 Å². The molecule has 0 N–H and O–H groups in total. The minimum absolute atomic E-state index is 0.227. The molecule has 0 aliphatic rings. The number of nitro benzene ring substituents is 1. The summed E-state index contributed by atoms with van der Waals surface area (Å²) >= 11 is 5.49. The largest absolute Gasteiger partial charge is 0.279 e. The summed E-state index contributed by atoms with van der Waals surface area (Å²) in [5.74, 6) is 0. The van der Waals surface area contributed by atoms with Crippen molar-refractivity contribution in [3.8, 4) is 0 Å². The number of anilines is 1. The molecule has 0 aliphatic heterocycles. The maximum absolute atomic E-state index is 12.9. The van der Waals surface area contributed by atoms with Crippen LogP contribution >= 0.6 is 11.6 Å². The van der Waals surface area contributed by atoms with Crippen molar-refractivity contribution in [2.75, 3.05) is 4.31 Å². The van der Waals surface area contributed by atoms with Crippen molar-refractivity contribution < 1.29 is 18.1 Å². The highest BCUT2D eigenvalue weighted by Crippen LogP contribution is 2.28. The fourth-order valence-corrected chi connectivity index (χ4v) is 3.92. The number of nitrogens with zero attached hydrogens (tertiary/aromatic N) is 2. The SMILES string of the molecule is CC(C(=O)Cl)N(c1ccccc1)S(=O)(=O)c1cccc([N+](=O)[O-])c1. The molecule has 0 radical (unpaired) electrons. The molecule has 0 heterocycles. The van der Waals surface area contributed by atoms with Crippen molar-refractivity contribution in [1.29, 1.82) is 0 Å². The number of nitro groups is 1. The molecule has 2 rings (SSSR count). The monoisotopic (exact) mass is 368 g/mol. The number of hydrogen-bond acceptors (Lipinski definition) is 5. The van der Waals surface area contributed by atoms with E-state index in [1.807, 2.05) is 0 Å². The Morgan fingerprint density at radius 3 is 2.33 bits per heavy atom. The third-order valence-corrected chi connectivity index (χ3v) is 5.49. The van der Waals surface area contributed by atoms with E-state index in [1.54, 1.807) is 18.2 Å². The highest BCUT2D eigenvalue weighted by atomic mass is 35.5. The van der Waals surface area contributed by atoms with Crippen molar-refractivity contribution in [1.82, 2.24) is 0 Å². The minimum atomic E-state index is -4.23. The zero-order valence-corrected chi connectivity index (χ0v) is 14.1. The van der Waals surface area contributed by atoms with Gasteiger partial charge in [-0.1, -0.05) is 24.3 Å². The van der Waals surface area contributed by atoms with Gasteiger partial charge in [-0.05, 0) is 36.7 Å². The molecule has 0 spiro atoms. The first kappa shape index (κ1) is 17.9. The molecule has 2 aromatic carbocycles. The molecular formula is C15H13ClN2O5S. The predicted molar refractivity (Wildman–Crippen MR) is 89.5 cm³/mol. The maximum Gasteiger partial charge on any atom is 0.270 e. The van der Waals surface area contributed by atoms with E-state index in [0.29, 0.717) is 0 Å². The predicted octanol–water partition coefficient (Wildman–Crippen LogP) is 2.94. The lowest BCUT2D eigenvalue weighted by Gasteiger charge is -2.28. The van der Waals surface area contributed by atoms with Crippen LogP contribution in [0.2, 0.25) is 0 Å². The molecule has 0 fully saturated rings. The molecule has 0 saturated carbocycles. The summed E-state index contributed by atoms with van der Waals surface area (Å²) < 4.78 is 26.7. The van der Waals surface area contributed by atoms with Crippen LogP contribution in [0.1, 0.15) is 6.92 Å². The Hall–Kier alpha value is -2.45. The molecule has 1 unspecified atom stereocenters. The van der Waals surface area contributed by atoms with E-state index in [9.17, 15) is 23.3 Å². The Morgan fingerprint density at radius 1 is 1.17 bits per heavy atom. The first-order valence-corrected chi connectivity index (χ1v) is 8.60. The summed E-state index contributed by atoms with van der Waals surface area (Å²) in [6.45, 7) is 1.34. The van der Waals surface area contributed by atoms with E-state index in [4.69, 9.17) is 11.6 Å². The number of non-ortho nitro benzene ring substituents is 1. The average Bonchev–Trinajstić information content (AvgIpc) is 2.55. The van der Waals surface area contributed by atoms with Gasteiger partial charge >= 0.3 is 0 Å². The van der Waals surface area contributed by atoms with Crippen molar-refractivity contribution in [2.24, 2.45) is 0 Å². The van der Waals surface area contributed by atoms with Crippen molar-refractivity contribution in [2.45, 2.75) is 17.9 Å². The van der Waals surface area contributed by atoms with E-state index in [1.165, 1.54) is 37.3 Å². The Kier molecular flexibility index (Phi) is 5.20. The number of sulfonamides is 1. The number of halogens is 1. The number of para-hydroxylation sites is 1. The second-order valence-corrected chi connectivity index (χ2v) is 7.06. The molecular weight excluding hydrogens is 356 g/mol. The average molecular weight is 369 g/mol. The van der Waals surface area contributed by atoms with Crippen molar-refractivity contribution in [3.05, 3.63) is 64.7 Å². The van der Waals surface area contributed by atoms with Gasteiger partial charge in [-0.3, -0.25) is 19.2 Å². The standard InChI is InChI=1S/C15H13ClN2O5S/c1-11(15(16)19)17(12-6-3-2-4-7-12)24(22,23)14-9-5-8-13(10-14)18(20)21/h2-11H,1H3. The summed E-state index contributed by atoms with van der Waals surface area (Å²) in [5, 5.41) is 10.0. The summed E-state index contributed by atoms with van der Waals surface area (Å²) in [6, 6.07) is 11.3. The highest BCUT2D eigenvalue weighted by Gasteiger charge is 2.33. The maximum atomic E-state index is 12.9. The fraction of sp³-hybridized carbons (Fsp3) is 0.133. The third kappa shape index (κ3) is 3.55. The van der Waals surface area contributed by atoms with Gasteiger partial charge in [-0.15, -0.1) is 0 Å². The molecule has 0 amide bonds. The van der Waals surface area contributed by atoms with Crippen LogP contribution in [0.4, 0.5) is 11.4 Å². The molecule has 0 saturated heterocycles. The number of rotatable bonds is 6. The van der Waals surface area contributed by atoms with Gasteiger partial charge in [0.15, 0.2) is 0 Å². The van der Waals surface area contributed by atoms with Crippen LogP contribution in [0.25, 0.3) is 0 Å². The smallest absolute Gasteiger partial charge is 0.270 e. The third-order valence-electron chi connectivity index (χ3n) is 3.28. The summed E-state index contributed by atoms with van der Waals surface area (Å²) in [7, 11) is -4.23. The van der Waals surface area contributed by atoms with Crippen LogP contribution < -0.4 is 4.31 Å². The minimum Gasteiger partial charge on any atom is -0.279 e. The van der Waals surface area contributed by atoms with Crippen LogP contribution in [0, 0.1) is 10.1 Å². The summed E-state index contributed by atoms with van der Waals surface area (Å²) in [6.07, 6.45) is 0. The van der Waals surface area contributed by atoms with Gasteiger partial charge in [0, 0.05) is 12.1 Å². The fourth-order valence-electron chi connectivity index (χ4n) is 2.11. The lowest BCUT2D eigenvalue weighted by Crippen LogP contribution is -2.42. The topological polar surface area (TPSA) is 97.6 Å². The highest BCUT2D eigenvalue weighted by molar-refractivity contribution is 7.93. The van der Waals surface area contributed by atoms with E-state index < -0.39 is 26.2 Å². The molecule has 24 heavy (non-hydrogen) atoms. The Labute approximate surface area is 143 Å². The second-order valence-electron chi connectivity index (χ2n) is 4.87. The lowest BCUT2D eigenvalue weighted by atomic mass is 10.3. The lowest BCUT2D eigenvalue weighted by molar-refractivity contribution is -0.385. The van der Waals surface area contributed by atoms with Crippen LogP contribution in [0.5, 0.6) is 0 Å². The quantitative estimate of drug-likeness (QED) is 0.443. The number of benzene rings is 2. The zero-order chi connectivity index (χ0) is 17.9. The van der Waals surface area contributed by atoms with Gasteiger partial charge < -0.3 is 0 Å². The zero-order valence-electron chi connectivity index (χ0n) is 12.5. The van der Waals surface area contributed by atoms with Crippen LogP contribution in [0.15, 0.2) is 59.5 Å². The van der Waals surface area contributed by atoms with Gasteiger partial charge in [0.2, 0.25) is 5.24 Å². The molecule has 0 aromatic heterocycles. The Balaban J connectivity index is 2.62. The Bertz CT molecular complexity index is 870. The normalized spacial score (nSPS) is 12.4. The van der Waals surface area contributed by atoms with E-state index in [-0.39, 0.29) is 16.3 Å². The molecule has 2 aromatic rings. The number of carbonyl (C=O) groups is 1. The van der Waals surface area contributed by atoms with Crippen LogP contribution in [-0.4, -0.2) is 24.6 Å². The molecule has 0 bridgehead atoms. The van der Waals surface area contributed by atoms with Crippen molar-refractivity contribution in [3.63, 3.8) is 0 Å². The molecule has 126 valence electrons. The Morgan fingerprint density at radius 2 is 1.79 bits per heavy atom. The van der Waals surface area contributed by atoms with Gasteiger partial charge in [-0.2, -0.15) is 0 Å². The van der Waals surface area contributed by atoms with Gasteiger partial charge in [0.05, 0.1) is 15.5 Å².